The summed E-state index contributed by atoms with van der Waals surface area (Å²) in [6.07, 6.45) is -1.92. The van der Waals surface area contributed by atoms with Gasteiger partial charge in [-0.1, -0.05) is 0 Å². The Bertz CT molecular complexity index is 1220. The summed E-state index contributed by atoms with van der Waals surface area (Å²) in [5.41, 5.74) is 7.39. The molecule has 33 heavy (non-hydrogen) atoms. The van der Waals surface area contributed by atoms with Gasteiger partial charge in [0.05, 0.1) is 23.5 Å². The van der Waals surface area contributed by atoms with E-state index >= 15 is 0 Å². The minimum atomic E-state index is -4.81. The Balaban J connectivity index is 1.61. The van der Waals surface area contributed by atoms with Crippen LogP contribution in [0.2, 0.25) is 0 Å². The summed E-state index contributed by atoms with van der Waals surface area (Å²) >= 11 is 0. The molecule has 3 heterocycles. The van der Waals surface area contributed by atoms with Gasteiger partial charge in [0.2, 0.25) is 0 Å². The van der Waals surface area contributed by atoms with Crippen molar-refractivity contribution in [3.63, 3.8) is 0 Å². The first-order valence-electron chi connectivity index (χ1n) is 9.82. The van der Waals surface area contributed by atoms with Gasteiger partial charge in [0.15, 0.2) is 5.69 Å². The number of nitrogen functional groups attached to an aromatic ring is 1. The number of benzene rings is 1. The van der Waals surface area contributed by atoms with Crippen LogP contribution < -0.4 is 20.7 Å². The van der Waals surface area contributed by atoms with Crippen molar-refractivity contribution < 1.29 is 27.5 Å². The number of ether oxygens (including phenoxy) is 1. The highest BCUT2D eigenvalue weighted by Crippen LogP contribution is 2.32. The van der Waals surface area contributed by atoms with Gasteiger partial charge in [-0.25, -0.2) is 4.98 Å². The van der Waals surface area contributed by atoms with Crippen molar-refractivity contribution in [2.45, 2.75) is 26.3 Å². The highest BCUT2D eigenvalue weighted by atomic mass is 19.4. The van der Waals surface area contributed by atoms with Gasteiger partial charge < -0.3 is 20.7 Å². The fourth-order valence-corrected chi connectivity index (χ4v) is 3.56. The molecule has 0 fully saturated rings. The normalized spacial score (nSPS) is 15.8. The number of hydrogen-bond acceptors (Lipinski definition) is 6. The third kappa shape index (κ3) is 4.45. The summed E-state index contributed by atoms with van der Waals surface area (Å²) in [5, 5.41) is 6.88. The number of alkyl halides is 3. The number of nitrogens with two attached hydrogens (primary N) is 1. The zero-order valence-corrected chi connectivity index (χ0v) is 17.6. The van der Waals surface area contributed by atoms with E-state index in [1.807, 2.05) is 6.92 Å². The highest BCUT2D eigenvalue weighted by molar-refractivity contribution is 6.14. The Kier molecular flexibility index (Phi) is 5.44. The lowest BCUT2D eigenvalue weighted by Crippen LogP contribution is -2.43. The van der Waals surface area contributed by atoms with Gasteiger partial charge in [-0.2, -0.15) is 5.10 Å². The molecule has 0 saturated carbocycles. The van der Waals surface area contributed by atoms with Crippen LogP contribution in [0.15, 0.2) is 42.7 Å². The lowest BCUT2D eigenvalue weighted by molar-refractivity contribution is -0.274. The molecule has 1 atom stereocenters. The van der Waals surface area contributed by atoms with Crippen molar-refractivity contribution in [3.8, 4) is 5.75 Å². The van der Waals surface area contributed by atoms with E-state index in [9.17, 15) is 22.8 Å². The number of aryl methyl sites for hydroxylation is 1. The van der Waals surface area contributed by atoms with Gasteiger partial charge in [0, 0.05) is 18.4 Å². The monoisotopic (exact) mass is 460 g/mol. The summed E-state index contributed by atoms with van der Waals surface area (Å²) in [6, 6.07) is 6.28. The third-order valence-corrected chi connectivity index (χ3v) is 5.04. The molecule has 2 aromatic heterocycles. The molecular weight excluding hydrogens is 441 g/mol. The molecule has 1 aliphatic heterocycles. The molecule has 2 amide bonds. The number of carbonyl (C=O) groups is 2. The van der Waals surface area contributed by atoms with Gasteiger partial charge >= 0.3 is 6.36 Å². The second-order valence-electron chi connectivity index (χ2n) is 7.56. The van der Waals surface area contributed by atoms with E-state index in [4.69, 9.17) is 5.73 Å². The zero-order valence-electron chi connectivity index (χ0n) is 17.6. The molecule has 9 nitrogen and oxygen atoms in total. The molecule has 0 saturated heterocycles. The SMILES string of the molecule is Cc1cnc(N)c(C(=O)Nc2cnn3c2C(=O)N(c2ccc(OC(F)(F)F)cc2)CC3C)c1. The van der Waals surface area contributed by atoms with Crippen LogP contribution in [-0.4, -0.2) is 39.5 Å². The standard InChI is InChI=1S/C21H19F3N6O3/c1-11-7-15(18(25)26-8-11)19(31)28-16-9-27-30-12(2)10-29(20(32)17(16)30)13-3-5-14(6-4-13)33-21(22,23)24/h3-9,12H,10H2,1-2H3,(H2,25,26)(H,28,31). The van der Waals surface area contributed by atoms with Crippen LogP contribution in [-0.2, 0) is 0 Å². The number of aromatic nitrogens is 3. The molecule has 3 N–H and O–H groups in total. The van der Waals surface area contributed by atoms with E-state index in [0.717, 1.165) is 17.7 Å². The number of carbonyl (C=O) groups excluding carboxylic acids is 2. The molecule has 4 rings (SSSR count). The van der Waals surface area contributed by atoms with E-state index in [1.54, 1.807) is 13.0 Å². The van der Waals surface area contributed by atoms with Crippen LogP contribution in [0.25, 0.3) is 0 Å². The molecule has 172 valence electrons. The molecule has 3 aromatic rings. The summed E-state index contributed by atoms with van der Waals surface area (Å²) in [6.45, 7) is 3.82. The number of pyridine rings is 1. The second kappa shape index (κ2) is 8.11. The quantitative estimate of drug-likeness (QED) is 0.615. The molecular formula is C21H19F3N6O3. The first-order valence-corrected chi connectivity index (χ1v) is 9.82. The summed E-state index contributed by atoms with van der Waals surface area (Å²) < 4.78 is 42.6. The number of anilines is 3. The molecule has 12 heteroatoms. The Labute approximate surface area is 186 Å². The lowest BCUT2D eigenvalue weighted by atomic mass is 10.1. The summed E-state index contributed by atoms with van der Waals surface area (Å²) in [4.78, 5) is 31.4. The topological polar surface area (TPSA) is 115 Å². The van der Waals surface area contributed by atoms with Crippen molar-refractivity contribution >= 4 is 29.0 Å². The first-order chi connectivity index (χ1) is 15.5. The number of hydrogen-bond donors (Lipinski definition) is 2. The van der Waals surface area contributed by atoms with Gasteiger partial charge in [-0.3, -0.25) is 14.3 Å². The fourth-order valence-electron chi connectivity index (χ4n) is 3.56. The Morgan fingerprint density at radius 1 is 1.24 bits per heavy atom. The predicted octanol–water partition coefficient (Wildman–Crippen LogP) is 3.54. The van der Waals surface area contributed by atoms with E-state index in [0.29, 0.717) is 5.69 Å². The zero-order chi connectivity index (χ0) is 23.9. The van der Waals surface area contributed by atoms with Crippen molar-refractivity contribution in [1.29, 1.82) is 0 Å². The second-order valence-corrected chi connectivity index (χ2v) is 7.56. The summed E-state index contributed by atoms with van der Waals surface area (Å²) in [7, 11) is 0. The maximum Gasteiger partial charge on any atom is 0.573 e. The highest BCUT2D eigenvalue weighted by Gasteiger charge is 2.35. The van der Waals surface area contributed by atoms with E-state index < -0.39 is 23.9 Å². The number of amides is 2. The number of rotatable bonds is 4. The lowest BCUT2D eigenvalue weighted by Gasteiger charge is -2.32. The first kappa shape index (κ1) is 22.1. The Morgan fingerprint density at radius 3 is 2.61 bits per heavy atom. The van der Waals surface area contributed by atoms with E-state index in [1.165, 1.54) is 34.1 Å². The molecule has 1 unspecified atom stereocenters. The predicted molar refractivity (Wildman–Crippen MR) is 113 cm³/mol. The van der Waals surface area contributed by atoms with Gasteiger partial charge in [0.1, 0.15) is 11.6 Å². The molecule has 0 radical (unpaired) electrons. The minimum Gasteiger partial charge on any atom is -0.406 e. The Morgan fingerprint density at radius 2 is 1.94 bits per heavy atom. The largest absolute Gasteiger partial charge is 0.573 e. The van der Waals surface area contributed by atoms with Gasteiger partial charge in [-0.15, -0.1) is 13.2 Å². The van der Waals surface area contributed by atoms with Crippen LogP contribution in [0, 0.1) is 6.92 Å². The molecule has 0 bridgehead atoms. The van der Waals surface area contributed by atoms with Crippen molar-refractivity contribution in [2.75, 3.05) is 22.5 Å². The van der Waals surface area contributed by atoms with Crippen LogP contribution in [0.4, 0.5) is 30.4 Å². The molecule has 1 aromatic carbocycles. The van der Waals surface area contributed by atoms with E-state index in [-0.39, 0.29) is 35.3 Å². The van der Waals surface area contributed by atoms with Crippen molar-refractivity contribution in [2.24, 2.45) is 0 Å². The minimum absolute atomic E-state index is 0.0432. The molecule has 0 aliphatic carbocycles. The molecule has 1 aliphatic rings. The molecule has 0 spiro atoms. The average molecular weight is 460 g/mol. The maximum absolute atomic E-state index is 13.3. The summed E-state index contributed by atoms with van der Waals surface area (Å²) in [5.74, 6) is -1.38. The smallest absolute Gasteiger partial charge is 0.406 e. The van der Waals surface area contributed by atoms with Gasteiger partial charge in [0.25, 0.3) is 11.8 Å². The van der Waals surface area contributed by atoms with Crippen molar-refractivity contribution in [1.82, 2.24) is 14.8 Å². The van der Waals surface area contributed by atoms with E-state index in [2.05, 4.69) is 20.1 Å². The number of halogens is 3. The van der Waals surface area contributed by atoms with Gasteiger partial charge in [-0.05, 0) is 49.7 Å². The maximum atomic E-state index is 13.3. The average Bonchev–Trinajstić information content (AvgIpc) is 3.16. The van der Waals surface area contributed by atoms with Crippen LogP contribution in [0.5, 0.6) is 5.75 Å². The third-order valence-electron chi connectivity index (χ3n) is 5.04. The number of nitrogens with one attached hydrogen (secondary N) is 1. The van der Waals surface area contributed by atoms with Crippen LogP contribution in [0.3, 0.4) is 0 Å². The van der Waals surface area contributed by atoms with Crippen molar-refractivity contribution in [3.05, 3.63) is 59.5 Å². The number of fused-ring (bicyclic) bond motifs is 1. The van der Waals surface area contributed by atoms with Crippen LogP contribution >= 0.6 is 0 Å². The fraction of sp³-hybridized carbons (Fsp3) is 0.238. The Hall–Kier alpha value is -4.09. The van der Waals surface area contributed by atoms with Crippen LogP contribution in [0.1, 0.15) is 39.4 Å². The number of nitrogens with zero attached hydrogens (tertiary/aromatic N) is 4.